The van der Waals surface area contributed by atoms with Crippen molar-refractivity contribution in [3.63, 3.8) is 0 Å². The van der Waals surface area contributed by atoms with Crippen LogP contribution in [0.15, 0.2) is 22.7 Å². The van der Waals surface area contributed by atoms with Crippen LogP contribution in [0.3, 0.4) is 0 Å². The minimum atomic E-state index is -0.485. The largest absolute Gasteiger partial charge is 0.444 e. The molecule has 1 unspecified atom stereocenters. The third-order valence-electron chi connectivity index (χ3n) is 3.27. The molecule has 1 aliphatic rings. The summed E-state index contributed by atoms with van der Waals surface area (Å²) in [5.74, 6) is 0. The summed E-state index contributed by atoms with van der Waals surface area (Å²) < 4.78 is 12.1. The van der Waals surface area contributed by atoms with Crippen LogP contribution in [0.1, 0.15) is 26.3 Å². The van der Waals surface area contributed by atoms with Gasteiger partial charge in [-0.15, -0.1) is 0 Å². The zero-order chi connectivity index (χ0) is 16.3. The second-order valence-electron chi connectivity index (χ2n) is 6.34. The molecular weight excluding hydrogens is 370 g/mol. The molecule has 122 valence electrons. The lowest BCUT2D eigenvalue weighted by Gasteiger charge is -2.34. The van der Waals surface area contributed by atoms with Gasteiger partial charge in [0.2, 0.25) is 0 Å². The summed E-state index contributed by atoms with van der Waals surface area (Å²) in [7, 11) is 0. The van der Waals surface area contributed by atoms with Crippen molar-refractivity contribution in [1.29, 1.82) is 0 Å². The molecule has 1 heterocycles. The van der Waals surface area contributed by atoms with E-state index in [1.807, 2.05) is 39.0 Å². The Labute approximate surface area is 144 Å². The Morgan fingerprint density at radius 1 is 1.50 bits per heavy atom. The molecule has 0 aliphatic carbocycles. The summed E-state index contributed by atoms with van der Waals surface area (Å²) in [5.41, 5.74) is 0.587. The first-order valence-electron chi connectivity index (χ1n) is 7.28. The van der Waals surface area contributed by atoms with Crippen LogP contribution in [0.4, 0.5) is 4.79 Å². The zero-order valence-corrected chi connectivity index (χ0v) is 15.4. The normalized spacial score (nSPS) is 19.1. The number of amides is 1. The van der Waals surface area contributed by atoms with Crippen molar-refractivity contribution in [3.8, 4) is 0 Å². The molecule has 22 heavy (non-hydrogen) atoms. The highest BCUT2D eigenvalue weighted by Gasteiger charge is 2.28. The fraction of sp³-hybridized carbons (Fsp3) is 0.562. The predicted octanol–water partition coefficient (Wildman–Crippen LogP) is 4.28. The van der Waals surface area contributed by atoms with Crippen LogP contribution in [0.25, 0.3) is 0 Å². The molecule has 0 saturated carbocycles. The van der Waals surface area contributed by atoms with Crippen molar-refractivity contribution in [1.82, 2.24) is 4.90 Å². The van der Waals surface area contributed by atoms with Gasteiger partial charge in [0.25, 0.3) is 0 Å². The Morgan fingerprint density at radius 2 is 2.23 bits per heavy atom. The van der Waals surface area contributed by atoms with E-state index in [2.05, 4.69) is 15.9 Å². The van der Waals surface area contributed by atoms with Crippen LogP contribution in [-0.4, -0.2) is 42.4 Å². The zero-order valence-electron chi connectivity index (χ0n) is 13.1. The summed E-state index contributed by atoms with van der Waals surface area (Å²) in [6, 6.07) is 5.76. The van der Waals surface area contributed by atoms with E-state index in [9.17, 15) is 4.79 Å². The monoisotopic (exact) mass is 389 g/mol. The molecule has 0 radical (unpaired) electrons. The highest BCUT2D eigenvalue weighted by molar-refractivity contribution is 9.10. The van der Waals surface area contributed by atoms with Gasteiger partial charge in [-0.2, -0.15) is 0 Å². The molecule has 1 fully saturated rings. The first kappa shape index (κ1) is 17.6. The van der Waals surface area contributed by atoms with Crippen molar-refractivity contribution < 1.29 is 14.3 Å². The lowest BCUT2D eigenvalue weighted by Crippen LogP contribution is -2.48. The van der Waals surface area contributed by atoms with E-state index in [0.29, 0.717) is 31.1 Å². The standard InChI is InChI=1S/C16H21BrClNO3/c1-16(2,3)22-15(20)19-7-8-21-12(10-19)9-11-5-4-6-13(18)14(11)17/h4-6,12H,7-10H2,1-3H3. The molecule has 0 spiro atoms. The van der Waals surface area contributed by atoms with Crippen molar-refractivity contribution in [2.24, 2.45) is 0 Å². The minimum absolute atomic E-state index is 0.0592. The van der Waals surface area contributed by atoms with Gasteiger partial charge in [-0.3, -0.25) is 0 Å². The van der Waals surface area contributed by atoms with Crippen molar-refractivity contribution in [2.45, 2.75) is 38.9 Å². The number of hydrogen-bond donors (Lipinski definition) is 0. The van der Waals surface area contributed by atoms with Gasteiger partial charge in [0.15, 0.2) is 0 Å². The number of halogens is 2. The van der Waals surface area contributed by atoms with Crippen LogP contribution >= 0.6 is 27.5 Å². The van der Waals surface area contributed by atoms with E-state index in [1.165, 1.54) is 0 Å². The molecule has 1 aromatic carbocycles. The smallest absolute Gasteiger partial charge is 0.410 e. The maximum absolute atomic E-state index is 12.2. The van der Waals surface area contributed by atoms with E-state index in [4.69, 9.17) is 21.1 Å². The predicted molar refractivity (Wildman–Crippen MR) is 90.4 cm³/mol. The third kappa shape index (κ3) is 4.86. The van der Waals surface area contributed by atoms with Crippen molar-refractivity contribution in [2.75, 3.05) is 19.7 Å². The maximum Gasteiger partial charge on any atom is 0.410 e. The molecule has 1 atom stereocenters. The van der Waals surface area contributed by atoms with Crippen LogP contribution in [0, 0.1) is 0 Å². The Kier molecular flexibility index (Phi) is 5.75. The average Bonchev–Trinajstić information content (AvgIpc) is 2.42. The fourth-order valence-electron chi connectivity index (χ4n) is 2.29. The van der Waals surface area contributed by atoms with Crippen molar-refractivity contribution >= 4 is 33.6 Å². The van der Waals surface area contributed by atoms with E-state index in [-0.39, 0.29) is 12.2 Å². The first-order chi connectivity index (χ1) is 10.3. The molecule has 0 N–H and O–H groups in total. The summed E-state index contributed by atoms with van der Waals surface area (Å²) in [4.78, 5) is 13.9. The summed E-state index contributed by atoms with van der Waals surface area (Å²) in [5, 5.41) is 0.678. The number of hydrogen-bond acceptors (Lipinski definition) is 3. The summed E-state index contributed by atoms with van der Waals surface area (Å²) in [6.45, 7) is 7.20. The topological polar surface area (TPSA) is 38.8 Å². The van der Waals surface area contributed by atoms with Crippen LogP contribution in [-0.2, 0) is 15.9 Å². The molecule has 0 bridgehead atoms. The Hall–Kier alpha value is -0.780. The van der Waals surface area contributed by atoms with Gasteiger partial charge in [-0.05, 0) is 48.3 Å². The number of morpholine rings is 1. The van der Waals surface area contributed by atoms with Crippen molar-refractivity contribution in [3.05, 3.63) is 33.3 Å². The van der Waals surface area contributed by atoms with Gasteiger partial charge in [0, 0.05) is 17.4 Å². The molecule has 4 nitrogen and oxygen atoms in total. The van der Waals surface area contributed by atoms with E-state index in [1.54, 1.807) is 4.90 Å². The number of benzene rings is 1. The van der Waals surface area contributed by atoms with Crippen LogP contribution in [0.5, 0.6) is 0 Å². The molecule has 1 amide bonds. The number of nitrogens with zero attached hydrogens (tertiary/aromatic N) is 1. The number of carbonyl (C=O) groups excluding carboxylic acids is 1. The van der Waals surface area contributed by atoms with E-state index in [0.717, 1.165) is 10.0 Å². The number of ether oxygens (including phenoxy) is 2. The minimum Gasteiger partial charge on any atom is -0.444 e. The second kappa shape index (κ2) is 7.20. The molecule has 1 aliphatic heterocycles. The molecule has 2 rings (SSSR count). The highest BCUT2D eigenvalue weighted by atomic mass is 79.9. The van der Waals surface area contributed by atoms with Gasteiger partial charge < -0.3 is 14.4 Å². The molecule has 0 aromatic heterocycles. The fourth-order valence-corrected chi connectivity index (χ4v) is 2.91. The van der Waals surface area contributed by atoms with E-state index < -0.39 is 5.60 Å². The van der Waals surface area contributed by atoms with Gasteiger partial charge in [-0.25, -0.2) is 4.79 Å². The second-order valence-corrected chi connectivity index (χ2v) is 7.54. The number of rotatable bonds is 2. The molecule has 1 aromatic rings. The summed E-state index contributed by atoms with van der Waals surface area (Å²) >= 11 is 9.61. The van der Waals surface area contributed by atoms with E-state index >= 15 is 0 Å². The Balaban J connectivity index is 1.99. The highest BCUT2D eigenvalue weighted by Crippen LogP contribution is 2.28. The average molecular weight is 391 g/mol. The van der Waals surface area contributed by atoms with Gasteiger partial charge in [0.05, 0.1) is 24.3 Å². The first-order valence-corrected chi connectivity index (χ1v) is 8.46. The Morgan fingerprint density at radius 3 is 2.91 bits per heavy atom. The quantitative estimate of drug-likeness (QED) is 0.756. The lowest BCUT2D eigenvalue weighted by atomic mass is 10.1. The van der Waals surface area contributed by atoms with Gasteiger partial charge in [0.1, 0.15) is 5.60 Å². The number of carbonyl (C=O) groups is 1. The summed E-state index contributed by atoms with van der Waals surface area (Å²) in [6.07, 6.45) is 0.350. The third-order valence-corrected chi connectivity index (χ3v) is 4.75. The lowest BCUT2D eigenvalue weighted by molar-refractivity contribution is -0.0415. The molecule has 1 saturated heterocycles. The Bertz CT molecular complexity index is 545. The van der Waals surface area contributed by atoms with Crippen LogP contribution < -0.4 is 0 Å². The van der Waals surface area contributed by atoms with Crippen LogP contribution in [0.2, 0.25) is 5.02 Å². The molecular formula is C16H21BrClNO3. The SMILES string of the molecule is CC(C)(C)OC(=O)N1CCOC(Cc2cccc(Cl)c2Br)C1. The van der Waals surface area contributed by atoms with Gasteiger partial charge in [-0.1, -0.05) is 23.7 Å². The van der Waals surface area contributed by atoms with Gasteiger partial charge >= 0.3 is 6.09 Å². The maximum atomic E-state index is 12.2. The molecule has 6 heteroatoms.